The molecule has 3 rings (SSSR count). The highest BCUT2D eigenvalue weighted by molar-refractivity contribution is 7.92. The first-order chi connectivity index (χ1) is 16.2. The molecule has 0 saturated carbocycles. The van der Waals surface area contributed by atoms with Crippen LogP contribution in [0.25, 0.3) is 0 Å². The fourth-order valence-corrected chi connectivity index (χ4v) is 4.44. The molecular weight excluding hydrogens is 466 g/mol. The number of para-hydroxylation sites is 1. The van der Waals surface area contributed by atoms with E-state index < -0.39 is 45.8 Å². The third-order valence-corrected chi connectivity index (χ3v) is 6.32. The Morgan fingerprint density at radius 3 is 2.44 bits per heavy atom. The predicted molar refractivity (Wildman–Crippen MR) is 123 cm³/mol. The van der Waals surface area contributed by atoms with Crippen LogP contribution in [0.2, 0.25) is 0 Å². The molecule has 0 saturated heterocycles. The summed E-state index contributed by atoms with van der Waals surface area (Å²) in [5.74, 6) is -3.49. The number of benzene rings is 3. The average molecular weight is 486 g/mol. The van der Waals surface area contributed by atoms with Crippen LogP contribution in [-0.4, -0.2) is 33.4 Å². The summed E-state index contributed by atoms with van der Waals surface area (Å²) < 4.78 is 59.3. The van der Waals surface area contributed by atoms with E-state index in [-0.39, 0.29) is 17.0 Å². The summed E-state index contributed by atoms with van der Waals surface area (Å²) in [4.78, 5) is 24.2. The van der Waals surface area contributed by atoms with Crippen molar-refractivity contribution in [2.45, 2.75) is 4.90 Å². The van der Waals surface area contributed by atoms with Crippen LogP contribution in [0.3, 0.4) is 0 Å². The van der Waals surface area contributed by atoms with E-state index in [1.165, 1.54) is 24.3 Å². The van der Waals surface area contributed by atoms with Gasteiger partial charge in [0, 0.05) is 6.07 Å². The standard InChI is InChI=1S/C24H20F2N2O5S/c1-2-13-28(19-8-4-3-5-9-19)34(31,32)20-10-6-7-17(14-20)24(30)33-16-23(29)27-22-15-18(25)11-12-21(22)26/h2-12,14-15H,1,13,16H2,(H,27,29). The largest absolute Gasteiger partial charge is 0.452 e. The van der Waals surface area contributed by atoms with Crippen molar-refractivity contribution in [2.75, 3.05) is 22.8 Å². The van der Waals surface area contributed by atoms with Gasteiger partial charge in [-0.15, -0.1) is 6.58 Å². The Bertz CT molecular complexity index is 1310. The molecule has 10 heteroatoms. The third kappa shape index (κ3) is 5.84. The molecule has 3 aromatic rings. The van der Waals surface area contributed by atoms with Crippen molar-refractivity contribution in [3.05, 3.63) is 103 Å². The highest BCUT2D eigenvalue weighted by Gasteiger charge is 2.25. The molecule has 176 valence electrons. The highest BCUT2D eigenvalue weighted by Crippen LogP contribution is 2.24. The van der Waals surface area contributed by atoms with Crippen LogP contribution in [0.4, 0.5) is 20.2 Å². The van der Waals surface area contributed by atoms with E-state index in [1.54, 1.807) is 30.3 Å². The zero-order valence-electron chi connectivity index (χ0n) is 17.8. The van der Waals surface area contributed by atoms with Crippen molar-refractivity contribution in [2.24, 2.45) is 0 Å². The van der Waals surface area contributed by atoms with Gasteiger partial charge in [0.05, 0.1) is 28.4 Å². The maximum atomic E-state index is 13.6. The average Bonchev–Trinajstić information content (AvgIpc) is 2.83. The van der Waals surface area contributed by atoms with Gasteiger partial charge in [0.15, 0.2) is 6.61 Å². The number of anilines is 2. The number of halogens is 2. The predicted octanol–water partition coefficient (Wildman–Crippen LogP) is 4.14. The molecule has 0 radical (unpaired) electrons. The fraction of sp³-hybridized carbons (Fsp3) is 0.0833. The molecule has 0 unspecified atom stereocenters. The van der Waals surface area contributed by atoms with E-state index >= 15 is 0 Å². The molecule has 0 aliphatic carbocycles. The number of hydrogen-bond donors (Lipinski definition) is 1. The van der Waals surface area contributed by atoms with Crippen molar-refractivity contribution >= 4 is 33.3 Å². The summed E-state index contributed by atoms with van der Waals surface area (Å²) >= 11 is 0. The molecule has 0 aromatic heterocycles. The lowest BCUT2D eigenvalue weighted by molar-refractivity contribution is -0.119. The van der Waals surface area contributed by atoms with Crippen LogP contribution < -0.4 is 9.62 Å². The minimum atomic E-state index is -4.06. The normalized spacial score (nSPS) is 10.9. The van der Waals surface area contributed by atoms with Gasteiger partial charge < -0.3 is 10.1 Å². The number of hydrogen-bond acceptors (Lipinski definition) is 5. The number of ether oxygens (including phenoxy) is 1. The van der Waals surface area contributed by atoms with Crippen LogP contribution in [-0.2, 0) is 19.6 Å². The van der Waals surface area contributed by atoms with Crippen LogP contribution >= 0.6 is 0 Å². The number of sulfonamides is 1. The van der Waals surface area contributed by atoms with Gasteiger partial charge in [0.2, 0.25) is 0 Å². The second-order valence-electron chi connectivity index (χ2n) is 6.94. The van der Waals surface area contributed by atoms with Crippen LogP contribution in [0.15, 0.2) is 90.3 Å². The molecule has 0 heterocycles. The molecule has 1 N–H and O–H groups in total. The van der Waals surface area contributed by atoms with Crippen molar-refractivity contribution in [1.82, 2.24) is 0 Å². The van der Waals surface area contributed by atoms with Crippen LogP contribution in [0.1, 0.15) is 10.4 Å². The minimum Gasteiger partial charge on any atom is -0.452 e. The Labute approximate surface area is 195 Å². The maximum absolute atomic E-state index is 13.6. The number of nitrogens with zero attached hydrogens (tertiary/aromatic N) is 1. The molecule has 0 fully saturated rings. The van der Waals surface area contributed by atoms with Crippen molar-refractivity contribution in [3.8, 4) is 0 Å². The lowest BCUT2D eigenvalue weighted by atomic mass is 10.2. The number of rotatable bonds is 9. The van der Waals surface area contributed by atoms with Gasteiger partial charge >= 0.3 is 5.97 Å². The smallest absolute Gasteiger partial charge is 0.338 e. The van der Waals surface area contributed by atoms with Gasteiger partial charge in [-0.05, 0) is 42.5 Å². The molecule has 0 spiro atoms. The summed E-state index contributed by atoms with van der Waals surface area (Å²) in [7, 11) is -4.06. The Morgan fingerprint density at radius 1 is 1.00 bits per heavy atom. The number of esters is 1. The van der Waals surface area contributed by atoms with Crippen molar-refractivity contribution in [3.63, 3.8) is 0 Å². The van der Waals surface area contributed by atoms with Crippen molar-refractivity contribution in [1.29, 1.82) is 0 Å². The first-order valence-electron chi connectivity index (χ1n) is 9.93. The monoisotopic (exact) mass is 486 g/mol. The van der Waals surface area contributed by atoms with E-state index in [0.717, 1.165) is 28.6 Å². The topological polar surface area (TPSA) is 92.8 Å². The summed E-state index contributed by atoms with van der Waals surface area (Å²) in [6.07, 6.45) is 1.43. The molecule has 0 bridgehead atoms. The Kier molecular flexibility index (Phi) is 7.75. The summed E-state index contributed by atoms with van der Waals surface area (Å²) in [6.45, 7) is 2.80. The minimum absolute atomic E-state index is 0.00215. The summed E-state index contributed by atoms with van der Waals surface area (Å²) in [5.41, 5.74) is -0.105. The molecule has 1 amide bonds. The van der Waals surface area contributed by atoms with Gasteiger partial charge in [-0.3, -0.25) is 9.10 Å². The molecule has 0 aliphatic heterocycles. The highest BCUT2D eigenvalue weighted by atomic mass is 32.2. The fourth-order valence-electron chi connectivity index (χ4n) is 2.96. The van der Waals surface area contributed by atoms with E-state index in [4.69, 9.17) is 4.74 Å². The van der Waals surface area contributed by atoms with Crippen LogP contribution in [0.5, 0.6) is 0 Å². The van der Waals surface area contributed by atoms with Gasteiger partial charge in [-0.1, -0.05) is 30.3 Å². The lowest BCUT2D eigenvalue weighted by Crippen LogP contribution is -2.31. The van der Waals surface area contributed by atoms with Gasteiger partial charge in [-0.25, -0.2) is 22.0 Å². The quantitative estimate of drug-likeness (QED) is 0.363. The lowest BCUT2D eigenvalue weighted by Gasteiger charge is -2.23. The third-order valence-electron chi connectivity index (χ3n) is 4.53. The maximum Gasteiger partial charge on any atom is 0.338 e. The Hall–Kier alpha value is -4.05. The first kappa shape index (κ1) is 24.6. The molecular formula is C24H20F2N2O5S. The zero-order chi connectivity index (χ0) is 24.7. The number of nitrogens with one attached hydrogen (secondary N) is 1. The van der Waals surface area contributed by atoms with E-state index in [9.17, 15) is 26.8 Å². The molecule has 34 heavy (non-hydrogen) atoms. The number of carbonyl (C=O) groups is 2. The van der Waals surface area contributed by atoms with Crippen molar-refractivity contribution < 1.29 is 31.5 Å². The molecule has 0 atom stereocenters. The zero-order valence-corrected chi connectivity index (χ0v) is 18.6. The second kappa shape index (κ2) is 10.7. The first-order valence-corrected chi connectivity index (χ1v) is 11.4. The van der Waals surface area contributed by atoms with Crippen LogP contribution in [0, 0.1) is 11.6 Å². The Balaban J connectivity index is 1.73. The number of amides is 1. The molecule has 0 aliphatic rings. The van der Waals surface area contributed by atoms with Gasteiger partial charge in [0.25, 0.3) is 15.9 Å². The van der Waals surface area contributed by atoms with E-state index in [1.807, 2.05) is 0 Å². The molecule has 7 nitrogen and oxygen atoms in total. The molecule has 3 aromatic carbocycles. The SMILES string of the molecule is C=CCN(c1ccccc1)S(=O)(=O)c1cccc(C(=O)OCC(=O)Nc2cc(F)ccc2F)c1. The summed E-state index contributed by atoms with van der Waals surface area (Å²) in [6, 6.07) is 16.0. The summed E-state index contributed by atoms with van der Waals surface area (Å²) in [5, 5.41) is 2.10. The van der Waals surface area contributed by atoms with Gasteiger partial charge in [-0.2, -0.15) is 0 Å². The van der Waals surface area contributed by atoms with E-state index in [0.29, 0.717) is 5.69 Å². The van der Waals surface area contributed by atoms with Gasteiger partial charge in [0.1, 0.15) is 11.6 Å². The van der Waals surface area contributed by atoms with E-state index in [2.05, 4.69) is 11.9 Å². The number of carbonyl (C=O) groups excluding carboxylic acids is 2. The Morgan fingerprint density at radius 2 is 1.74 bits per heavy atom. The second-order valence-corrected chi connectivity index (χ2v) is 8.80.